The van der Waals surface area contributed by atoms with Gasteiger partial charge in [-0.2, -0.15) is 5.26 Å². The Balaban J connectivity index is 1.51. The lowest BCUT2D eigenvalue weighted by atomic mass is 9.97. The standard InChI is InChI=1S/C25H31N7O/c1-25(2,3)15-31-22-8-7-21(28-23(22)29(4)24(31)33)20-9-16(5-6-17(20)11-26)12-30-13-19-10-18(30)14-32(19)27/h5-9,18-19H,10,12-15,27H2,1-4H3/t18-,19-/m1/s1. The molecule has 2 saturated heterocycles. The van der Waals surface area contributed by atoms with Gasteiger partial charge in [-0.1, -0.05) is 26.8 Å². The van der Waals surface area contributed by atoms with Crippen LogP contribution in [0.15, 0.2) is 35.1 Å². The van der Waals surface area contributed by atoms with Gasteiger partial charge in [0.05, 0.1) is 22.8 Å². The van der Waals surface area contributed by atoms with Crippen molar-refractivity contribution in [3.8, 4) is 17.3 Å². The van der Waals surface area contributed by atoms with Crippen molar-refractivity contribution in [3.63, 3.8) is 0 Å². The quantitative estimate of drug-likeness (QED) is 0.620. The van der Waals surface area contributed by atoms with Crippen LogP contribution in [0.5, 0.6) is 0 Å². The fourth-order valence-electron chi connectivity index (χ4n) is 5.26. The van der Waals surface area contributed by atoms with Crippen LogP contribution in [0.1, 0.15) is 38.3 Å². The van der Waals surface area contributed by atoms with Gasteiger partial charge in [0, 0.05) is 50.9 Å². The van der Waals surface area contributed by atoms with E-state index in [2.05, 4.69) is 37.8 Å². The monoisotopic (exact) mass is 445 g/mol. The molecule has 2 bridgehead atoms. The highest BCUT2D eigenvalue weighted by Gasteiger charge is 2.41. The number of benzene rings is 1. The molecule has 2 atom stereocenters. The van der Waals surface area contributed by atoms with Gasteiger partial charge in [-0.25, -0.2) is 14.8 Å². The predicted molar refractivity (Wildman–Crippen MR) is 128 cm³/mol. The summed E-state index contributed by atoms with van der Waals surface area (Å²) in [6.45, 7) is 9.67. The second-order valence-electron chi connectivity index (χ2n) is 10.7. The third-order valence-corrected chi connectivity index (χ3v) is 6.88. The van der Waals surface area contributed by atoms with Gasteiger partial charge in [0.2, 0.25) is 0 Å². The predicted octanol–water partition coefficient (Wildman–Crippen LogP) is 2.45. The molecule has 33 heavy (non-hydrogen) atoms. The molecule has 8 heteroatoms. The second kappa shape index (κ2) is 7.80. The SMILES string of the molecule is Cn1c(=O)n(CC(C)(C)C)c2ccc(-c3cc(CN4C[C@H]5C[C@@H]4CN5N)ccc3C#N)nc21. The Morgan fingerprint density at radius 1 is 1.18 bits per heavy atom. The zero-order valence-electron chi connectivity index (χ0n) is 19.7. The molecule has 8 nitrogen and oxygen atoms in total. The number of fused-ring (bicyclic) bond motifs is 3. The first kappa shape index (κ1) is 21.8. The van der Waals surface area contributed by atoms with Crippen molar-refractivity contribution >= 4 is 11.2 Å². The van der Waals surface area contributed by atoms with E-state index in [9.17, 15) is 10.1 Å². The van der Waals surface area contributed by atoms with Crippen LogP contribution in [0.4, 0.5) is 0 Å². The number of hydrazine groups is 1. The van der Waals surface area contributed by atoms with Gasteiger partial charge in [0.25, 0.3) is 0 Å². The summed E-state index contributed by atoms with van der Waals surface area (Å²) in [4.78, 5) is 20.2. The maximum atomic E-state index is 12.9. The van der Waals surface area contributed by atoms with E-state index in [0.29, 0.717) is 35.5 Å². The molecular weight excluding hydrogens is 414 g/mol. The summed E-state index contributed by atoms with van der Waals surface area (Å²) in [6.07, 6.45) is 1.12. The Hall–Kier alpha value is -2.99. The van der Waals surface area contributed by atoms with Gasteiger partial charge in [-0.15, -0.1) is 0 Å². The van der Waals surface area contributed by atoms with Crippen molar-refractivity contribution < 1.29 is 0 Å². The van der Waals surface area contributed by atoms with E-state index < -0.39 is 0 Å². The van der Waals surface area contributed by atoms with Crippen molar-refractivity contribution in [2.24, 2.45) is 18.3 Å². The number of aryl methyl sites for hydroxylation is 1. The molecule has 2 N–H and O–H groups in total. The van der Waals surface area contributed by atoms with Crippen molar-refractivity contribution in [1.29, 1.82) is 5.26 Å². The molecule has 3 aromatic rings. The molecule has 2 aliphatic heterocycles. The molecule has 2 fully saturated rings. The molecule has 0 unspecified atom stereocenters. The third-order valence-electron chi connectivity index (χ3n) is 6.88. The van der Waals surface area contributed by atoms with Gasteiger partial charge in [-0.3, -0.25) is 19.9 Å². The average molecular weight is 446 g/mol. The van der Waals surface area contributed by atoms with Crippen LogP contribution in [0.2, 0.25) is 0 Å². The van der Waals surface area contributed by atoms with E-state index in [1.54, 1.807) is 16.2 Å². The second-order valence-corrected chi connectivity index (χ2v) is 10.7. The van der Waals surface area contributed by atoms with Crippen molar-refractivity contribution in [2.75, 3.05) is 13.1 Å². The molecule has 2 aromatic heterocycles. The number of imidazole rings is 1. The zero-order valence-corrected chi connectivity index (χ0v) is 19.7. The number of hydrogen-bond acceptors (Lipinski definition) is 6. The Morgan fingerprint density at radius 3 is 2.61 bits per heavy atom. The minimum Gasteiger partial charge on any atom is -0.293 e. The number of nitrogens with two attached hydrogens (primary N) is 1. The fraction of sp³-hybridized carbons (Fsp3) is 0.480. The van der Waals surface area contributed by atoms with Gasteiger partial charge in [0.15, 0.2) is 5.65 Å². The Kier molecular flexibility index (Phi) is 5.16. The zero-order chi connectivity index (χ0) is 23.5. The lowest BCUT2D eigenvalue weighted by Crippen LogP contribution is -2.48. The van der Waals surface area contributed by atoms with E-state index in [0.717, 1.165) is 42.7 Å². The molecule has 0 aliphatic carbocycles. The highest BCUT2D eigenvalue weighted by atomic mass is 16.1. The Bertz CT molecular complexity index is 1320. The molecule has 0 spiro atoms. The largest absolute Gasteiger partial charge is 0.330 e. The van der Waals surface area contributed by atoms with Crippen molar-refractivity contribution in [3.05, 3.63) is 51.9 Å². The molecule has 172 valence electrons. The smallest absolute Gasteiger partial charge is 0.293 e. The number of nitrogens with zero attached hydrogens (tertiary/aromatic N) is 6. The number of aromatic nitrogens is 3. The van der Waals surface area contributed by atoms with Crippen LogP contribution in [0.3, 0.4) is 0 Å². The lowest BCUT2D eigenvalue weighted by Gasteiger charge is -2.31. The van der Waals surface area contributed by atoms with E-state index >= 15 is 0 Å². The number of piperazine rings is 1. The summed E-state index contributed by atoms with van der Waals surface area (Å²) in [6, 6.07) is 13.1. The number of pyridine rings is 1. The molecule has 2 aliphatic rings. The topological polar surface area (TPSA) is 96.1 Å². The van der Waals surface area contributed by atoms with Gasteiger partial charge < -0.3 is 0 Å². The first-order chi connectivity index (χ1) is 15.6. The molecule has 0 amide bonds. The summed E-state index contributed by atoms with van der Waals surface area (Å²) >= 11 is 0. The first-order valence-electron chi connectivity index (χ1n) is 11.5. The minimum atomic E-state index is -0.0723. The van der Waals surface area contributed by atoms with Gasteiger partial charge in [0.1, 0.15) is 0 Å². The fourth-order valence-corrected chi connectivity index (χ4v) is 5.26. The van der Waals surface area contributed by atoms with E-state index in [1.807, 2.05) is 29.3 Å². The van der Waals surface area contributed by atoms with Crippen LogP contribution in [-0.2, 0) is 20.1 Å². The number of nitriles is 1. The highest BCUT2D eigenvalue weighted by molar-refractivity contribution is 5.78. The molecule has 0 radical (unpaired) electrons. The normalized spacial score (nSPS) is 21.2. The summed E-state index contributed by atoms with van der Waals surface area (Å²) < 4.78 is 3.39. The molecule has 5 rings (SSSR count). The van der Waals surface area contributed by atoms with Crippen LogP contribution in [0.25, 0.3) is 22.4 Å². The van der Waals surface area contributed by atoms with Crippen LogP contribution >= 0.6 is 0 Å². The van der Waals surface area contributed by atoms with E-state index in [4.69, 9.17) is 10.8 Å². The van der Waals surface area contributed by atoms with Gasteiger partial charge in [-0.05, 0) is 41.7 Å². The van der Waals surface area contributed by atoms with Crippen LogP contribution < -0.4 is 11.5 Å². The maximum absolute atomic E-state index is 12.9. The molecule has 4 heterocycles. The lowest BCUT2D eigenvalue weighted by molar-refractivity contribution is 0.124. The number of rotatable bonds is 4. The van der Waals surface area contributed by atoms with Crippen molar-refractivity contribution in [1.82, 2.24) is 24.0 Å². The maximum Gasteiger partial charge on any atom is 0.330 e. The first-order valence-corrected chi connectivity index (χ1v) is 11.5. The Morgan fingerprint density at radius 2 is 1.97 bits per heavy atom. The minimum absolute atomic E-state index is 0.0327. The molecule has 1 aromatic carbocycles. The summed E-state index contributed by atoms with van der Waals surface area (Å²) in [5.74, 6) is 6.05. The number of hydrogen-bond donors (Lipinski definition) is 1. The average Bonchev–Trinajstić information content (AvgIpc) is 3.40. The van der Waals surface area contributed by atoms with E-state index in [1.165, 1.54) is 0 Å². The summed E-state index contributed by atoms with van der Waals surface area (Å²) in [7, 11) is 1.76. The Labute approximate surface area is 193 Å². The molecule has 0 saturated carbocycles. The van der Waals surface area contributed by atoms with Gasteiger partial charge >= 0.3 is 5.69 Å². The third kappa shape index (κ3) is 3.86. The summed E-state index contributed by atoms with van der Waals surface area (Å²) in [5, 5.41) is 11.7. The molecular formula is C25H31N7O. The van der Waals surface area contributed by atoms with Crippen LogP contribution in [-0.4, -0.2) is 49.2 Å². The number of likely N-dealkylation sites (tertiary alicyclic amines) is 1. The van der Waals surface area contributed by atoms with E-state index in [-0.39, 0.29) is 11.1 Å². The van der Waals surface area contributed by atoms with Crippen LogP contribution in [0, 0.1) is 16.7 Å². The highest BCUT2D eigenvalue weighted by Crippen LogP contribution is 2.31. The van der Waals surface area contributed by atoms with Crippen molar-refractivity contribution in [2.45, 2.75) is 52.4 Å². The summed E-state index contributed by atoms with van der Waals surface area (Å²) in [5.41, 5.74) is 4.60.